The molecule has 0 spiro atoms. The van der Waals surface area contributed by atoms with Crippen LogP contribution in [-0.4, -0.2) is 15.6 Å². The minimum atomic E-state index is -0.298. The van der Waals surface area contributed by atoms with Gasteiger partial charge in [-0.2, -0.15) is 0 Å². The molecular formula is C10H9N3O2. The van der Waals surface area contributed by atoms with Crippen molar-refractivity contribution in [3.8, 4) is 0 Å². The van der Waals surface area contributed by atoms with Crippen LogP contribution >= 0.6 is 0 Å². The van der Waals surface area contributed by atoms with Crippen LogP contribution in [0.1, 0.15) is 6.92 Å². The second kappa shape index (κ2) is 3.53. The Hall–Kier alpha value is -2.17. The van der Waals surface area contributed by atoms with Crippen LogP contribution in [0.4, 0.5) is 0 Å². The van der Waals surface area contributed by atoms with Gasteiger partial charge in [0.2, 0.25) is 5.91 Å². The van der Waals surface area contributed by atoms with E-state index in [1.54, 1.807) is 24.4 Å². The molecule has 0 saturated heterocycles. The van der Waals surface area contributed by atoms with Gasteiger partial charge in [0, 0.05) is 19.2 Å². The highest BCUT2D eigenvalue weighted by Gasteiger charge is 2.03. The number of pyridine rings is 2. The molecule has 2 rings (SSSR count). The van der Waals surface area contributed by atoms with E-state index in [2.05, 4.69) is 10.4 Å². The first kappa shape index (κ1) is 9.39. The number of hydrogen-bond donors (Lipinski definition) is 1. The van der Waals surface area contributed by atoms with Gasteiger partial charge in [-0.15, -0.1) is 0 Å². The highest BCUT2D eigenvalue weighted by molar-refractivity contribution is 5.84. The molecule has 2 aromatic heterocycles. The largest absolute Gasteiger partial charge is 0.274 e. The van der Waals surface area contributed by atoms with Crippen molar-refractivity contribution in [3.63, 3.8) is 0 Å². The first-order valence-electron chi connectivity index (χ1n) is 4.43. The van der Waals surface area contributed by atoms with Gasteiger partial charge >= 0.3 is 0 Å². The van der Waals surface area contributed by atoms with E-state index < -0.39 is 0 Å². The number of nitrogens with one attached hydrogen (secondary N) is 1. The lowest BCUT2D eigenvalue weighted by molar-refractivity contribution is -0.115. The number of rotatable bonds is 1. The van der Waals surface area contributed by atoms with Gasteiger partial charge < -0.3 is 0 Å². The molecule has 1 N–H and O–H groups in total. The fourth-order valence-corrected chi connectivity index (χ4v) is 1.34. The summed E-state index contributed by atoms with van der Waals surface area (Å²) in [7, 11) is 0. The third-order valence-corrected chi connectivity index (χ3v) is 1.93. The van der Waals surface area contributed by atoms with Gasteiger partial charge in [0.1, 0.15) is 0 Å². The van der Waals surface area contributed by atoms with Gasteiger partial charge in [0.05, 0.1) is 11.0 Å². The number of carbonyl (C=O) groups excluding carboxylic acids is 1. The summed E-state index contributed by atoms with van der Waals surface area (Å²) in [5, 5.41) is 0. The molecule has 1 amide bonds. The molecule has 0 unspecified atom stereocenters. The Morgan fingerprint density at radius 1 is 1.40 bits per heavy atom. The highest BCUT2D eigenvalue weighted by atomic mass is 16.2. The molecule has 2 heterocycles. The van der Waals surface area contributed by atoms with E-state index in [0.29, 0.717) is 11.0 Å². The van der Waals surface area contributed by atoms with Crippen molar-refractivity contribution in [3.05, 3.63) is 40.8 Å². The number of hydrogen-bond acceptors (Lipinski definition) is 3. The summed E-state index contributed by atoms with van der Waals surface area (Å²) in [6, 6.07) is 6.42. The molecule has 76 valence electrons. The summed E-state index contributed by atoms with van der Waals surface area (Å²) in [5.41, 5.74) is 3.40. The smallest absolute Gasteiger partial charge is 0.269 e. The third kappa shape index (κ3) is 1.71. The lowest BCUT2D eigenvalue weighted by atomic mass is 10.3. The molecule has 15 heavy (non-hydrogen) atoms. The zero-order valence-corrected chi connectivity index (χ0v) is 8.10. The zero-order chi connectivity index (χ0) is 10.8. The molecule has 0 atom stereocenters. The monoisotopic (exact) mass is 203 g/mol. The Labute approximate surface area is 85.3 Å². The predicted molar refractivity (Wildman–Crippen MR) is 56.0 cm³/mol. The number of nitrogens with zero attached hydrogens (tertiary/aromatic N) is 2. The van der Waals surface area contributed by atoms with E-state index in [1.807, 2.05) is 0 Å². The normalized spacial score (nSPS) is 10.2. The fourth-order valence-electron chi connectivity index (χ4n) is 1.34. The fraction of sp³-hybridized carbons (Fsp3) is 0.100. The van der Waals surface area contributed by atoms with Crippen molar-refractivity contribution in [2.45, 2.75) is 6.92 Å². The molecule has 0 aromatic carbocycles. The Morgan fingerprint density at radius 3 is 2.93 bits per heavy atom. The first-order chi connectivity index (χ1) is 7.18. The topological polar surface area (TPSA) is 64.0 Å². The summed E-state index contributed by atoms with van der Waals surface area (Å²) < 4.78 is 1.19. The van der Waals surface area contributed by atoms with Crippen LogP contribution in [0.2, 0.25) is 0 Å². The summed E-state index contributed by atoms with van der Waals surface area (Å²) in [6.45, 7) is 1.35. The second-order valence-electron chi connectivity index (χ2n) is 3.08. The van der Waals surface area contributed by atoms with E-state index >= 15 is 0 Å². The highest BCUT2D eigenvalue weighted by Crippen LogP contribution is 2.05. The molecule has 0 aliphatic heterocycles. The Morgan fingerprint density at radius 2 is 2.20 bits per heavy atom. The quantitative estimate of drug-likeness (QED) is 0.733. The standard InChI is InChI=1S/C10H9N3O2/c1-7(14)12-13-9-3-2-6-11-8(9)4-5-10(13)15/h2-6H,1H3,(H,12,14). The minimum Gasteiger partial charge on any atom is -0.274 e. The molecule has 5 nitrogen and oxygen atoms in total. The molecule has 0 aliphatic rings. The Bertz CT molecular complexity index is 574. The van der Waals surface area contributed by atoms with E-state index in [-0.39, 0.29) is 11.5 Å². The van der Waals surface area contributed by atoms with Crippen LogP contribution in [0.15, 0.2) is 35.3 Å². The van der Waals surface area contributed by atoms with Gasteiger partial charge in [0.25, 0.3) is 5.56 Å². The van der Waals surface area contributed by atoms with Crippen molar-refractivity contribution >= 4 is 16.9 Å². The lowest BCUT2D eigenvalue weighted by Crippen LogP contribution is -2.31. The molecule has 0 aliphatic carbocycles. The predicted octanol–water partition coefficient (Wildman–Crippen LogP) is 0.486. The van der Waals surface area contributed by atoms with Gasteiger partial charge in [0.15, 0.2) is 0 Å². The third-order valence-electron chi connectivity index (χ3n) is 1.93. The maximum atomic E-state index is 11.5. The average Bonchev–Trinajstić information content (AvgIpc) is 2.22. The van der Waals surface area contributed by atoms with Gasteiger partial charge in [-0.25, -0.2) is 4.68 Å². The van der Waals surface area contributed by atoms with Crippen LogP contribution in [-0.2, 0) is 4.79 Å². The summed E-state index contributed by atoms with van der Waals surface area (Å²) in [5.74, 6) is -0.298. The van der Waals surface area contributed by atoms with Crippen molar-refractivity contribution in [1.29, 1.82) is 0 Å². The molecule has 0 fully saturated rings. The van der Waals surface area contributed by atoms with Crippen molar-refractivity contribution in [1.82, 2.24) is 9.66 Å². The summed E-state index contributed by atoms with van der Waals surface area (Å²) >= 11 is 0. The number of aromatic nitrogens is 2. The van der Waals surface area contributed by atoms with Crippen LogP contribution in [0.25, 0.3) is 11.0 Å². The van der Waals surface area contributed by atoms with Crippen molar-refractivity contribution < 1.29 is 4.79 Å². The Balaban J connectivity index is 2.74. The van der Waals surface area contributed by atoms with E-state index in [0.717, 1.165) is 0 Å². The molecule has 5 heteroatoms. The maximum Gasteiger partial charge on any atom is 0.269 e. The van der Waals surface area contributed by atoms with Crippen LogP contribution in [0, 0.1) is 0 Å². The molecule has 0 radical (unpaired) electrons. The average molecular weight is 203 g/mol. The molecular weight excluding hydrogens is 194 g/mol. The lowest BCUT2D eigenvalue weighted by Gasteiger charge is -2.08. The molecule has 2 aromatic rings. The van der Waals surface area contributed by atoms with E-state index in [9.17, 15) is 9.59 Å². The SMILES string of the molecule is CC(=O)Nn1c(=O)ccc2ncccc21. The molecule has 0 bridgehead atoms. The Kier molecular flexibility index (Phi) is 2.21. The minimum absolute atomic E-state index is 0.286. The van der Waals surface area contributed by atoms with Gasteiger partial charge in [-0.05, 0) is 18.2 Å². The summed E-state index contributed by atoms with van der Waals surface area (Å²) in [4.78, 5) is 26.5. The summed E-state index contributed by atoms with van der Waals surface area (Å²) in [6.07, 6.45) is 1.63. The van der Waals surface area contributed by atoms with Gasteiger partial charge in [-0.3, -0.25) is 20.0 Å². The van der Waals surface area contributed by atoms with Crippen LogP contribution in [0.3, 0.4) is 0 Å². The second-order valence-corrected chi connectivity index (χ2v) is 3.08. The van der Waals surface area contributed by atoms with E-state index in [4.69, 9.17) is 0 Å². The van der Waals surface area contributed by atoms with E-state index in [1.165, 1.54) is 17.7 Å². The van der Waals surface area contributed by atoms with Crippen LogP contribution in [0.5, 0.6) is 0 Å². The van der Waals surface area contributed by atoms with Crippen molar-refractivity contribution in [2.75, 3.05) is 5.43 Å². The van der Waals surface area contributed by atoms with Crippen LogP contribution < -0.4 is 11.0 Å². The maximum absolute atomic E-state index is 11.5. The number of amides is 1. The molecule has 0 saturated carbocycles. The number of fused-ring (bicyclic) bond motifs is 1. The van der Waals surface area contributed by atoms with Gasteiger partial charge in [-0.1, -0.05) is 0 Å². The first-order valence-corrected chi connectivity index (χ1v) is 4.43. The van der Waals surface area contributed by atoms with Crippen molar-refractivity contribution in [2.24, 2.45) is 0 Å². The zero-order valence-electron chi connectivity index (χ0n) is 8.10. The number of carbonyl (C=O) groups is 1.